The van der Waals surface area contributed by atoms with E-state index in [-0.39, 0.29) is 5.91 Å². The zero-order valence-electron chi connectivity index (χ0n) is 14.0. The van der Waals surface area contributed by atoms with Crippen LogP contribution < -0.4 is 10.1 Å². The molecule has 25 heavy (non-hydrogen) atoms. The van der Waals surface area contributed by atoms with E-state index in [9.17, 15) is 4.79 Å². The number of carbonyl (C=O) groups is 1. The van der Waals surface area contributed by atoms with Gasteiger partial charge in [0.1, 0.15) is 5.75 Å². The van der Waals surface area contributed by atoms with Gasteiger partial charge in [0.2, 0.25) is 5.91 Å². The normalized spacial score (nSPS) is 10.8. The van der Waals surface area contributed by atoms with Crippen molar-refractivity contribution < 1.29 is 9.53 Å². The lowest BCUT2D eigenvalue weighted by Gasteiger charge is -2.07. The third-order valence-electron chi connectivity index (χ3n) is 4.05. The second kappa shape index (κ2) is 8.03. The largest absolute Gasteiger partial charge is 0.497 e. The SMILES string of the molecule is COc1ccc2c(cnn2CCC(=O)NCCc2ccc(Cl)cc2)c1. The van der Waals surface area contributed by atoms with Crippen molar-refractivity contribution >= 4 is 28.4 Å². The Morgan fingerprint density at radius 1 is 1.24 bits per heavy atom. The molecule has 0 atom stereocenters. The van der Waals surface area contributed by atoms with Gasteiger partial charge < -0.3 is 10.1 Å². The van der Waals surface area contributed by atoms with E-state index in [2.05, 4.69) is 10.4 Å². The average molecular weight is 358 g/mol. The molecule has 5 nitrogen and oxygen atoms in total. The van der Waals surface area contributed by atoms with Gasteiger partial charge in [0.25, 0.3) is 0 Å². The van der Waals surface area contributed by atoms with Gasteiger partial charge in [-0.3, -0.25) is 9.48 Å². The number of nitrogens with zero attached hydrogens (tertiary/aromatic N) is 2. The van der Waals surface area contributed by atoms with Crippen molar-refractivity contribution in [2.75, 3.05) is 13.7 Å². The number of hydrogen-bond acceptors (Lipinski definition) is 3. The summed E-state index contributed by atoms with van der Waals surface area (Å²) in [4.78, 5) is 12.0. The van der Waals surface area contributed by atoms with Crippen molar-refractivity contribution in [3.05, 3.63) is 59.2 Å². The van der Waals surface area contributed by atoms with Gasteiger partial charge in [-0.1, -0.05) is 23.7 Å². The van der Waals surface area contributed by atoms with Crippen LogP contribution in [-0.4, -0.2) is 29.3 Å². The van der Waals surface area contributed by atoms with Crippen molar-refractivity contribution in [3.8, 4) is 5.75 Å². The van der Waals surface area contributed by atoms with E-state index in [1.165, 1.54) is 0 Å². The molecule has 6 heteroatoms. The summed E-state index contributed by atoms with van der Waals surface area (Å²) in [5.41, 5.74) is 2.14. The zero-order valence-corrected chi connectivity index (χ0v) is 14.8. The van der Waals surface area contributed by atoms with E-state index >= 15 is 0 Å². The molecule has 1 heterocycles. The van der Waals surface area contributed by atoms with Crippen LogP contribution in [0.25, 0.3) is 10.9 Å². The number of carbonyl (C=O) groups excluding carboxylic acids is 1. The topological polar surface area (TPSA) is 56.2 Å². The highest BCUT2D eigenvalue weighted by Gasteiger charge is 2.07. The fraction of sp³-hybridized carbons (Fsp3) is 0.263. The number of methoxy groups -OCH3 is 1. The highest BCUT2D eigenvalue weighted by molar-refractivity contribution is 6.30. The average Bonchev–Trinajstić information content (AvgIpc) is 3.03. The lowest BCUT2D eigenvalue weighted by atomic mass is 10.1. The maximum atomic E-state index is 12.0. The Hall–Kier alpha value is -2.53. The Morgan fingerprint density at radius 3 is 2.80 bits per heavy atom. The number of aryl methyl sites for hydroxylation is 1. The maximum Gasteiger partial charge on any atom is 0.221 e. The molecule has 0 unspecified atom stereocenters. The number of rotatable bonds is 7. The molecule has 0 bridgehead atoms. The summed E-state index contributed by atoms with van der Waals surface area (Å²) in [5.74, 6) is 0.818. The van der Waals surface area contributed by atoms with Crippen molar-refractivity contribution in [1.82, 2.24) is 15.1 Å². The van der Waals surface area contributed by atoms with Crippen molar-refractivity contribution in [3.63, 3.8) is 0 Å². The number of halogens is 1. The summed E-state index contributed by atoms with van der Waals surface area (Å²) >= 11 is 5.86. The Morgan fingerprint density at radius 2 is 2.04 bits per heavy atom. The number of benzene rings is 2. The minimum atomic E-state index is 0.0196. The smallest absolute Gasteiger partial charge is 0.221 e. The summed E-state index contributed by atoms with van der Waals surface area (Å²) in [6.45, 7) is 1.15. The predicted molar refractivity (Wildman–Crippen MR) is 99.1 cm³/mol. The summed E-state index contributed by atoms with van der Waals surface area (Å²) in [7, 11) is 1.64. The number of fused-ring (bicyclic) bond motifs is 1. The summed E-state index contributed by atoms with van der Waals surface area (Å²) in [6.07, 6.45) is 2.97. The highest BCUT2D eigenvalue weighted by Crippen LogP contribution is 2.20. The number of ether oxygens (including phenoxy) is 1. The van der Waals surface area contributed by atoms with Gasteiger partial charge in [0.15, 0.2) is 0 Å². The fourth-order valence-electron chi connectivity index (χ4n) is 2.66. The van der Waals surface area contributed by atoms with E-state index < -0.39 is 0 Å². The van der Waals surface area contributed by atoms with E-state index in [4.69, 9.17) is 16.3 Å². The molecule has 3 rings (SSSR count). The Labute approximate surface area is 151 Å². The number of aromatic nitrogens is 2. The first-order valence-corrected chi connectivity index (χ1v) is 8.54. The van der Waals surface area contributed by atoms with Gasteiger partial charge in [-0.2, -0.15) is 5.10 Å². The van der Waals surface area contributed by atoms with Gasteiger partial charge >= 0.3 is 0 Å². The zero-order chi connectivity index (χ0) is 17.6. The van der Waals surface area contributed by atoms with Gasteiger partial charge in [-0.15, -0.1) is 0 Å². The number of hydrogen-bond donors (Lipinski definition) is 1. The van der Waals surface area contributed by atoms with Gasteiger partial charge in [-0.05, 0) is 42.3 Å². The summed E-state index contributed by atoms with van der Waals surface area (Å²) in [5, 5.41) is 9.01. The van der Waals surface area contributed by atoms with Crippen molar-refractivity contribution in [2.45, 2.75) is 19.4 Å². The minimum absolute atomic E-state index is 0.0196. The molecule has 0 saturated heterocycles. The van der Waals surface area contributed by atoms with E-state index in [1.54, 1.807) is 13.3 Å². The number of amides is 1. The maximum absolute atomic E-state index is 12.0. The lowest BCUT2D eigenvalue weighted by molar-refractivity contribution is -0.121. The first-order valence-electron chi connectivity index (χ1n) is 8.16. The van der Waals surface area contributed by atoms with Crippen molar-refractivity contribution in [2.24, 2.45) is 0 Å². The standard InChI is InChI=1S/C19H20ClN3O2/c1-25-17-6-7-18-15(12-17)13-22-23(18)11-9-19(24)21-10-8-14-2-4-16(20)5-3-14/h2-7,12-13H,8-11H2,1H3,(H,21,24). The summed E-state index contributed by atoms with van der Waals surface area (Å²) < 4.78 is 7.05. The first kappa shape index (κ1) is 17.3. The molecule has 0 aliphatic heterocycles. The van der Waals surface area contributed by atoms with Crippen LogP contribution in [0.5, 0.6) is 5.75 Å². The molecule has 0 saturated carbocycles. The van der Waals surface area contributed by atoms with Crippen LogP contribution >= 0.6 is 11.6 Å². The number of nitrogens with one attached hydrogen (secondary N) is 1. The third-order valence-corrected chi connectivity index (χ3v) is 4.30. The van der Waals surface area contributed by atoms with Gasteiger partial charge in [0.05, 0.1) is 25.4 Å². The van der Waals surface area contributed by atoms with Gasteiger partial charge in [0, 0.05) is 23.4 Å². The van der Waals surface area contributed by atoms with Crippen LogP contribution in [0, 0.1) is 0 Å². The van der Waals surface area contributed by atoms with Crippen LogP contribution in [0.1, 0.15) is 12.0 Å². The molecule has 0 radical (unpaired) electrons. The molecule has 1 amide bonds. The Balaban J connectivity index is 1.48. The highest BCUT2D eigenvalue weighted by atomic mass is 35.5. The molecule has 1 aromatic heterocycles. The molecule has 0 fully saturated rings. The van der Waals surface area contributed by atoms with Crippen LogP contribution in [0.2, 0.25) is 5.02 Å². The monoisotopic (exact) mass is 357 g/mol. The van der Waals surface area contributed by atoms with Crippen LogP contribution in [-0.2, 0) is 17.8 Å². The first-order chi connectivity index (χ1) is 12.2. The lowest BCUT2D eigenvalue weighted by Crippen LogP contribution is -2.26. The second-order valence-electron chi connectivity index (χ2n) is 5.77. The van der Waals surface area contributed by atoms with Crippen LogP contribution in [0.15, 0.2) is 48.7 Å². The molecular formula is C19H20ClN3O2. The third kappa shape index (κ3) is 4.51. The van der Waals surface area contributed by atoms with E-state index in [1.807, 2.05) is 47.1 Å². The molecule has 0 spiro atoms. The van der Waals surface area contributed by atoms with E-state index in [0.29, 0.717) is 19.5 Å². The molecule has 1 N–H and O–H groups in total. The Kier molecular flexibility index (Phi) is 5.56. The second-order valence-corrected chi connectivity index (χ2v) is 6.21. The minimum Gasteiger partial charge on any atom is -0.497 e. The quantitative estimate of drug-likeness (QED) is 0.704. The molecule has 0 aliphatic carbocycles. The van der Waals surface area contributed by atoms with Crippen molar-refractivity contribution in [1.29, 1.82) is 0 Å². The molecular weight excluding hydrogens is 338 g/mol. The molecule has 2 aromatic carbocycles. The van der Waals surface area contributed by atoms with Crippen LogP contribution in [0.3, 0.4) is 0 Å². The van der Waals surface area contributed by atoms with Gasteiger partial charge in [-0.25, -0.2) is 0 Å². The van der Waals surface area contributed by atoms with Crippen LogP contribution in [0.4, 0.5) is 0 Å². The predicted octanol–water partition coefficient (Wildman–Crippen LogP) is 3.45. The Bertz CT molecular complexity index is 859. The summed E-state index contributed by atoms with van der Waals surface area (Å²) in [6, 6.07) is 13.4. The molecule has 0 aliphatic rings. The molecule has 130 valence electrons. The fourth-order valence-corrected chi connectivity index (χ4v) is 2.79. The van der Waals surface area contributed by atoms with E-state index in [0.717, 1.165) is 33.7 Å². The molecule has 3 aromatic rings.